The van der Waals surface area contributed by atoms with Crippen LogP contribution in [0.1, 0.15) is 25.7 Å². The molecule has 1 atom stereocenters. The molecule has 0 saturated carbocycles. The molecule has 0 aromatic rings. The molecule has 1 heterocycles. The predicted molar refractivity (Wildman–Crippen MR) is 52.7 cm³/mol. The van der Waals surface area contributed by atoms with Gasteiger partial charge in [-0.05, 0) is 38.1 Å². The highest BCUT2D eigenvalue weighted by Crippen LogP contribution is 2.10. The third-order valence-corrected chi connectivity index (χ3v) is 2.47. The number of unbranched alkanes of at least 4 members (excludes halogenated alkanes) is 2. The number of hydrogen-bond donors (Lipinski definition) is 2. The average Bonchev–Trinajstić information content (AvgIpc) is 2.63. The maximum atomic E-state index is 8.56. The highest BCUT2D eigenvalue weighted by atomic mass is 16.5. The van der Waals surface area contributed by atoms with Gasteiger partial charge in [0.2, 0.25) is 0 Å². The maximum absolute atomic E-state index is 8.56. The van der Waals surface area contributed by atoms with E-state index in [1.807, 2.05) is 0 Å². The van der Waals surface area contributed by atoms with E-state index >= 15 is 0 Å². The molecule has 1 fully saturated rings. The SMILES string of the molecule is OCCCCCNCC1CCOC1. The quantitative estimate of drug-likeness (QED) is 0.579. The predicted octanol–water partition coefficient (Wildman–Crippen LogP) is 0.775. The van der Waals surface area contributed by atoms with Gasteiger partial charge in [0.15, 0.2) is 0 Å². The van der Waals surface area contributed by atoms with Crippen molar-refractivity contribution in [2.45, 2.75) is 25.7 Å². The van der Waals surface area contributed by atoms with Gasteiger partial charge in [-0.1, -0.05) is 0 Å². The van der Waals surface area contributed by atoms with Gasteiger partial charge in [0, 0.05) is 19.8 Å². The molecular weight excluding hydrogens is 166 g/mol. The molecule has 0 aliphatic carbocycles. The van der Waals surface area contributed by atoms with Gasteiger partial charge in [0.1, 0.15) is 0 Å². The van der Waals surface area contributed by atoms with Crippen LogP contribution in [0, 0.1) is 5.92 Å². The maximum Gasteiger partial charge on any atom is 0.0507 e. The number of aliphatic hydroxyl groups is 1. The summed E-state index contributed by atoms with van der Waals surface area (Å²) in [6, 6.07) is 0. The third kappa shape index (κ3) is 5.24. The van der Waals surface area contributed by atoms with Gasteiger partial charge in [0.25, 0.3) is 0 Å². The second kappa shape index (κ2) is 7.30. The lowest BCUT2D eigenvalue weighted by Crippen LogP contribution is -2.23. The Kier molecular flexibility index (Phi) is 6.15. The van der Waals surface area contributed by atoms with E-state index in [-0.39, 0.29) is 0 Å². The zero-order valence-corrected chi connectivity index (χ0v) is 8.30. The Morgan fingerprint density at radius 1 is 1.31 bits per heavy atom. The molecule has 0 aromatic carbocycles. The third-order valence-electron chi connectivity index (χ3n) is 2.47. The van der Waals surface area contributed by atoms with Crippen LogP contribution in [0.2, 0.25) is 0 Å². The Balaban J connectivity index is 1.78. The molecule has 13 heavy (non-hydrogen) atoms. The molecule has 78 valence electrons. The first kappa shape index (κ1) is 11.0. The van der Waals surface area contributed by atoms with E-state index in [2.05, 4.69) is 5.32 Å². The molecule has 1 unspecified atom stereocenters. The summed E-state index contributed by atoms with van der Waals surface area (Å²) >= 11 is 0. The molecule has 0 bridgehead atoms. The van der Waals surface area contributed by atoms with Gasteiger partial charge in [-0.3, -0.25) is 0 Å². The molecule has 1 saturated heterocycles. The van der Waals surface area contributed by atoms with E-state index in [1.54, 1.807) is 0 Å². The molecule has 3 nitrogen and oxygen atoms in total. The Bertz CT molecular complexity index is 113. The largest absolute Gasteiger partial charge is 0.396 e. The number of rotatable bonds is 7. The lowest BCUT2D eigenvalue weighted by atomic mass is 10.1. The molecular formula is C10H21NO2. The fourth-order valence-electron chi connectivity index (χ4n) is 1.59. The number of hydrogen-bond acceptors (Lipinski definition) is 3. The summed E-state index contributed by atoms with van der Waals surface area (Å²) in [5.74, 6) is 0.734. The normalized spacial score (nSPS) is 22.4. The molecule has 1 rings (SSSR count). The zero-order chi connectivity index (χ0) is 9.36. The van der Waals surface area contributed by atoms with Gasteiger partial charge in [0.05, 0.1) is 6.61 Å². The van der Waals surface area contributed by atoms with Crippen LogP contribution in [0.5, 0.6) is 0 Å². The van der Waals surface area contributed by atoms with Crippen molar-refractivity contribution in [3.8, 4) is 0 Å². The monoisotopic (exact) mass is 187 g/mol. The Morgan fingerprint density at radius 2 is 2.23 bits per heavy atom. The summed E-state index contributed by atoms with van der Waals surface area (Å²) in [6.07, 6.45) is 4.46. The fourth-order valence-corrected chi connectivity index (χ4v) is 1.59. The minimum Gasteiger partial charge on any atom is -0.396 e. The zero-order valence-electron chi connectivity index (χ0n) is 8.30. The van der Waals surface area contributed by atoms with Crippen molar-refractivity contribution >= 4 is 0 Å². The van der Waals surface area contributed by atoms with Gasteiger partial charge in [-0.15, -0.1) is 0 Å². The average molecular weight is 187 g/mol. The summed E-state index contributed by atoms with van der Waals surface area (Å²) in [5.41, 5.74) is 0. The molecule has 0 spiro atoms. The van der Waals surface area contributed by atoms with E-state index in [9.17, 15) is 0 Å². The van der Waals surface area contributed by atoms with Crippen LogP contribution in [0.3, 0.4) is 0 Å². The fraction of sp³-hybridized carbons (Fsp3) is 1.00. The van der Waals surface area contributed by atoms with Crippen molar-refractivity contribution < 1.29 is 9.84 Å². The second-order valence-electron chi connectivity index (χ2n) is 3.72. The lowest BCUT2D eigenvalue weighted by Gasteiger charge is -2.08. The standard InChI is InChI=1S/C10H21NO2/c12-6-3-1-2-5-11-8-10-4-7-13-9-10/h10-12H,1-9H2. The molecule has 0 amide bonds. The molecule has 1 aliphatic heterocycles. The Labute approximate surface area is 80.5 Å². The van der Waals surface area contributed by atoms with Crippen molar-refractivity contribution in [3.05, 3.63) is 0 Å². The van der Waals surface area contributed by atoms with E-state index < -0.39 is 0 Å². The van der Waals surface area contributed by atoms with Gasteiger partial charge in [-0.2, -0.15) is 0 Å². The van der Waals surface area contributed by atoms with Crippen LogP contribution >= 0.6 is 0 Å². The summed E-state index contributed by atoms with van der Waals surface area (Å²) in [5, 5.41) is 12.0. The summed E-state index contributed by atoms with van der Waals surface area (Å²) < 4.78 is 5.28. The molecule has 0 radical (unpaired) electrons. The topological polar surface area (TPSA) is 41.5 Å². The van der Waals surface area contributed by atoms with Crippen molar-refractivity contribution in [2.75, 3.05) is 32.9 Å². The summed E-state index contributed by atoms with van der Waals surface area (Å²) in [4.78, 5) is 0. The van der Waals surface area contributed by atoms with Crippen LogP contribution in [0.4, 0.5) is 0 Å². The Hall–Kier alpha value is -0.120. The first-order chi connectivity index (χ1) is 6.43. The van der Waals surface area contributed by atoms with Crippen LogP contribution in [-0.2, 0) is 4.74 Å². The van der Waals surface area contributed by atoms with Crippen LogP contribution in [-0.4, -0.2) is 38.0 Å². The van der Waals surface area contributed by atoms with Crippen LogP contribution in [0.15, 0.2) is 0 Å². The van der Waals surface area contributed by atoms with E-state index in [1.165, 1.54) is 12.8 Å². The lowest BCUT2D eigenvalue weighted by molar-refractivity contribution is 0.185. The minimum absolute atomic E-state index is 0.330. The van der Waals surface area contributed by atoms with E-state index in [0.29, 0.717) is 6.61 Å². The Morgan fingerprint density at radius 3 is 2.92 bits per heavy atom. The second-order valence-corrected chi connectivity index (χ2v) is 3.72. The molecule has 2 N–H and O–H groups in total. The van der Waals surface area contributed by atoms with Crippen molar-refractivity contribution in [1.29, 1.82) is 0 Å². The smallest absolute Gasteiger partial charge is 0.0507 e. The van der Waals surface area contributed by atoms with E-state index in [4.69, 9.17) is 9.84 Å². The number of aliphatic hydroxyl groups excluding tert-OH is 1. The van der Waals surface area contributed by atoms with Crippen LogP contribution < -0.4 is 5.32 Å². The number of nitrogens with one attached hydrogen (secondary N) is 1. The van der Waals surface area contributed by atoms with Crippen molar-refractivity contribution in [3.63, 3.8) is 0 Å². The van der Waals surface area contributed by atoms with Gasteiger partial charge < -0.3 is 15.2 Å². The van der Waals surface area contributed by atoms with Gasteiger partial charge >= 0.3 is 0 Å². The van der Waals surface area contributed by atoms with Gasteiger partial charge in [-0.25, -0.2) is 0 Å². The van der Waals surface area contributed by atoms with Crippen molar-refractivity contribution in [1.82, 2.24) is 5.32 Å². The highest BCUT2D eigenvalue weighted by Gasteiger charge is 2.14. The van der Waals surface area contributed by atoms with Crippen molar-refractivity contribution in [2.24, 2.45) is 5.92 Å². The first-order valence-corrected chi connectivity index (χ1v) is 5.33. The highest BCUT2D eigenvalue weighted by molar-refractivity contribution is 4.66. The number of ether oxygens (including phenoxy) is 1. The summed E-state index contributed by atoms with van der Waals surface area (Å²) in [6.45, 7) is 4.38. The van der Waals surface area contributed by atoms with E-state index in [0.717, 1.165) is 45.1 Å². The molecule has 1 aliphatic rings. The minimum atomic E-state index is 0.330. The molecule has 3 heteroatoms. The summed E-state index contributed by atoms with van der Waals surface area (Å²) in [7, 11) is 0. The molecule has 0 aromatic heterocycles. The first-order valence-electron chi connectivity index (χ1n) is 5.33. The van der Waals surface area contributed by atoms with Crippen LogP contribution in [0.25, 0.3) is 0 Å².